The summed E-state index contributed by atoms with van der Waals surface area (Å²) in [7, 11) is 0. The molecule has 1 amide bonds. The number of halogens is 3. The van der Waals surface area contributed by atoms with Crippen molar-refractivity contribution in [2.24, 2.45) is 0 Å². The lowest BCUT2D eigenvalue weighted by Gasteiger charge is -2.07. The van der Waals surface area contributed by atoms with Gasteiger partial charge in [-0.25, -0.2) is 4.79 Å². The fourth-order valence-electron chi connectivity index (χ4n) is 2.60. The molecule has 0 radical (unpaired) electrons. The van der Waals surface area contributed by atoms with E-state index in [4.69, 9.17) is 0 Å². The van der Waals surface area contributed by atoms with Gasteiger partial charge >= 0.3 is 12.1 Å². The first kappa shape index (κ1) is 20.3. The molecule has 0 saturated carbocycles. The first-order chi connectivity index (χ1) is 13.8. The molecule has 0 spiro atoms. The maximum Gasteiger partial charge on any atom is 0.426 e. The number of carboxylic acids is 1. The van der Waals surface area contributed by atoms with Crippen molar-refractivity contribution in [3.63, 3.8) is 0 Å². The Labute approximate surface area is 167 Å². The van der Waals surface area contributed by atoms with Crippen LogP contribution in [-0.4, -0.2) is 17.0 Å². The maximum atomic E-state index is 13.5. The lowest BCUT2D eigenvalue weighted by Crippen LogP contribution is -2.27. The summed E-state index contributed by atoms with van der Waals surface area (Å²) in [6, 6.07) is 17.2. The standard InChI is InChI=1S/C21H14F3NO3S/c22-21(23,24)18-16(13-7-3-1-4-8-13)11-15(29-18)12-17(20(27)28)25-19(26)14-9-5-2-6-10-14/h1-12H,(H,25,26)(H,27,28)/b17-12-. The van der Waals surface area contributed by atoms with Gasteiger partial charge in [0.15, 0.2) is 0 Å². The van der Waals surface area contributed by atoms with Crippen LogP contribution in [0, 0.1) is 0 Å². The van der Waals surface area contributed by atoms with E-state index in [9.17, 15) is 27.9 Å². The second-order valence-corrected chi connectivity index (χ2v) is 7.02. The number of rotatable bonds is 5. The maximum absolute atomic E-state index is 13.5. The third-order valence-electron chi connectivity index (χ3n) is 3.89. The number of nitrogens with one attached hydrogen (secondary N) is 1. The predicted octanol–water partition coefficient (Wildman–Crippen LogP) is 5.29. The molecule has 3 aromatic rings. The van der Waals surface area contributed by atoms with Gasteiger partial charge in [0.25, 0.3) is 5.91 Å². The monoisotopic (exact) mass is 417 g/mol. The molecule has 0 fully saturated rings. The van der Waals surface area contributed by atoms with Gasteiger partial charge in [-0.15, -0.1) is 11.3 Å². The van der Waals surface area contributed by atoms with Gasteiger partial charge in [-0.3, -0.25) is 4.79 Å². The van der Waals surface area contributed by atoms with Crippen molar-refractivity contribution in [1.82, 2.24) is 5.32 Å². The zero-order valence-corrected chi connectivity index (χ0v) is 15.6. The smallest absolute Gasteiger partial charge is 0.426 e. The molecular weight excluding hydrogens is 403 g/mol. The van der Waals surface area contributed by atoms with E-state index in [2.05, 4.69) is 5.32 Å². The predicted molar refractivity (Wildman–Crippen MR) is 104 cm³/mol. The van der Waals surface area contributed by atoms with Crippen LogP contribution in [0.25, 0.3) is 17.2 Å². The van der Waals surface area contributed by atoms with Crippen molar-refractivity contribution in [3.05, 3.63) is 87.7 Å². The number of carbonyl (C=O) groups is 2. The first-order valence-corrected chi connectivity index (χ1v) is 9.15. The highest BCUT2D eigenvalue weighted by Gasteiger charge is 2.36. The van der Waals surface area contributed by atoms with Crippen LogP contribution < -0.4 is 5.32 Å². The van der Waals surface area contributed by atoms with E-state index in [1.165, 1.54) is 18.2 Å². The number of amides is 1. The molecular formula is C21H14F3NO3S. The number of carbonyl (C=O) groups excluding carboxylic acids is 1. The number of alkyl halides is 3. The first-order valence-electron chi connectivity index (χ1n) is 8.33. The Morgan fingerprint density at radius 3 is 2.10 bits per heavy atom. The summed E-state index contributed by atoms with van der Waals surface area (Å²) < 4.78 is 40.4. The SMILES string of the molecule is O=C(O)/C(=C/c1cc(-c2ccccc2)c(C(F)(F)F)s1)NC(=O)c1ccccc1. The van der Waals surface area contributed by atoms with Crippen LogP contribution in [-0.2, 0) is 11.0 Å². The number of hydrogen-bond donors (Lipinski definition) is 2. The molecule has 8 heteroatoms. The minimum Gasteiger partial charge on any atom is -0.477 e. The molecule has 29 heavy (non-hydrogen) atoms. The van der Waals surface area contributed by atoms with Crippen molar-refractivity contribution in [2.45, 2.75) is 6.18 Å². The molecule has 0 unspecified atom stereocenters. The molecule has 0 bridgehead atoms. The largest absolute Gasteiger partial charge is 0.477 e. The minimum absolute atomic E-state index is 0.0477. The molecule has 2 N–H and O–H groups in total. The summed E-state index contributed by atoms with van der Waals surface area (Å²) >= 11 is 0.414. The van der Waals surface area contributed by atoms with Gasteiger partial charge in [-0.1, -0.05) is 48.5 Å². The van der Waals surface area contributed by atoms with E-state index < -0.39 is 28.6 Å². The molecule has 1 heterocycles. The van der Waals surface area contributed by atoms with Crippen molar-refractivity contribution >= 4 is 29.3 Å². The van der Waals surface area contributed by atoms with Gasteiger partial charge in [-0.2, -0.15) is 13.2 Å². The Kier molecular flexibility index (Phi) is 5.84. The summed E-state index contributed by atoms with van der Waals surface area (Å²) in [6.45, 7) is 0. The molecule has 0 aliphatic heterocycles. The Hall–Kier alpha value is -3.39. The van der Waals surface area contributed by atoms with Crippen molar-refractivity contribution in [2.75, 3.05) is 0 Å². The molecule has 2 aromatic carbocycles. The normalized spacial score (nSPS) is 11.9. The Bertz CT molecular complexity index is 1060. The number of thiophene rings is 1. The number of aliphatic carboxylic acids is 1. The Balaban J connectivity index is 1.99. The Morgan fingerprint density at radius 1 is 0.966 bits per heavy atom. The molecule has 0 aliphatic carbocycles. The van der Waals surface area contributed by atoms with Crippen LogP contribution in [0.15, 0.2) is 72.4 Å². The second-order valence-electron chi connectivity index (χ2n) is 5.94. The fraction of sp³-hybridized carbons (Fsp3) is 0.0476. The number of benzene rings is 2. The lowest BCUT2D eigenvalue weighted by atomic mass is 10.1. The van der Waals surface area contributed by atoms with Crippen molar-refractivity contribution in [3.8, 4) is 11.1 Å². The minimum atomic E-state index is -4.60. The van der Waals surface area contributed by atoms with E-state index in [-0.39, 0.29) is 16.0 Å². The zero-order chi connectivity index (χ0) is 21.0. The third-order valence-corrected chi connectivity index (χ3v) is 5.02. The van der Waals surface area contributed by atoms with E-state index >= 15 is 0 Å². The van der Waals surface area contributed by atoms with Crippen LogP contribution in [0.4, 0.5) is 13.2 Å². The molecule has 0 aliphatic rings. The van der Waals surface area contributed by atoms with Gasteiger partial charge in [0.2, 0.25) is 0 Å². The molecule has 0 atom stereocenters. The third kappa shape index (κ3) is 4.91. The van der Waals surface area contributed by atoms with Gasteiger partial charge in [0.1, 0.15) is 10.6 Å². The Morgan fingerprint density at radius 2 is 1.55 bits per heavy atom. The van der Waals surface area contributed by atoms with Crippen molar-refractivity contribution in [1.29, 1.82) is 0 Å². The zero-order valence-electron chi connectivity index (χ0n) is 14.7. The average molecular weight is 417 g/mol. The van der Waals surface area contributed by atoms with E-state index in [0.717, 1.165) is 6.08 Å². The molecule has 1 aromatic heterocycles. The highest BCUT2D eigenvalue weighted by Crippen LogP contribution is 2.43. The molecule has 0 saturated heterocycles. The molecule has 148 valence electrons. The lowest BCUT2D eigenvalue weighted by molar-refractivity contribution is -0.134. The van der Waals surface area contributed by atoms with E-state index in [0.29, 0.717) is 16.9 Å². The quantitative estimate of drug-likeness (QED) is 0.555. The van der Waals surface area contributed by atoms with E-state index in [1.54, 1.807) is 48.5 Å². The van der Waals surface area contributed by atoms with Crippen LogP contribution in [0.1, 0.15) is 20.1 Å². The van der Waals surface area contributed by atoms with Gasteiger partial charge < -0.3 is 10.4 Å². The molecule has 3 rings (SSSR count). The van der Waals surface area contributed by atoms with Gasteiger partial charge in [0.05, 0.1) is 0 Å². The molecule has 4 nitrogen and oxygen atoms in total. The van der Waals surface area contributed by atoms with Crippen molar-refractivity contribution < 1.29 is 27.9 Å². The van der Waals surface area contributed by atoms with Crippen LogP contribution in [0.5, 0.6) is 0 Å². The second kappa shape index (κ2) is 8.32. The average Bonchev–Trinajstić information content (AvgIpc) is 3.13. The van der Waals surface area contributed by atoms with Gasteiger partial charge in [-0.05, 0) is 29.8 Å². The fourth-order valence-corrected chi connectivity index (χ4v) is 3.59. The van der Waals surface area contributed by atoms with Crippen LogP contribution >= 0.6 is 11.3 Å². The summed E-state index contributed by atoms with van der Waals surface area (Å²) in [5.41, 5.74) is 0.0228. The summed E-state index contributed by atoms with van der Waals surface area (Å²) in [4.78, 5) is 23.0. The summed E-state index contributed by atoms with van der Waals surface area (Å²) in [5.74, 6) is -2.13. The summed E-state index contributed by atoms with van der Waals surface area (Å²) in [6.07, 6.45) is -3.58. The highest BCUT2D eigenvalue weighted by atomic mass is 32.1. The summed E-state index contributed by atoms with van der Waals surface area (Å²) in [5, 5.41) is 11.6. The topological polar surface area (TPSA) is 66.4 Å². The van der Waals surface area contributed by atoms with Gasteiger partial charge in [0, 0.05) is 16.0 Å². The highest BCUT2D eigenvalue weighted by molar-refractivity contribution is 7.13. The van der Waals surface area contributed by atoms with Crippen LogP contribution in [0.2, 0.25) is 0 Å². The number of hydrogen-bond acceptors (Lipinski definition) is 3. The van der Waals surface area contributed by atoms with Crippen LogP contribution in [0.3, 0.4) is 0 Å². The van der Waals surface area contributed by atoms with E-state index in [1.807, 2.05) is 0 Å². The number of carboxylic acid groups (broad SMARTS) is 1.